The van der Waals surface area contributed by atoms with E-state index in [1.54, 1.807) is 13.2 Å². The Morgan fingerprint density at radius 3 is 2.59 bits per heavy atom. The van der Waals surface area contributed by atoms with Gasteiger partial charge in [-0.15, -0.1) is 24.0 Å². The quantitative estimate of drug-likeness (QED) is 0.222. The molecule has 1 heterocycles. The summed E-state index contributed by atoms with van der Waals surface area (Å²) in [6.45, 7) is 6.16. The third-order valence-electron chi connectivity index (χ3n) is 4.08. The highest BCUT2D eigenvalue weighted by Crippen LogP contribution is 2.10. The first kappa shape index (κ1) is 23.4. The average Bonchev–Trinajstić information content (AvgIpc) is 3.17. The molecular weight excluding hydrogens is 453 g/mol. The van der Waals surface area contributed by atoms with Gasteiger partial charge in [0.15, 0.2) is 5.96 Å². The van der Waals surface area contributed by atoms with Crippen LogP contribution in [0.3, 0.4) is 0 Å². The summed E-state index contributed by atoms with van der Waals surface area (Å²) in [7, 11) is 1.79. The van der Waals surface area contributed by atoms with Crippen molar-refractivity contribution in [3.63, 3.8) is 0 Å². The predicted molar refractivity (Wildman–Crippen MR) is 122 cm³/mol. The van der Waals surface area contributed by atoms with E-state index in [0.29, 0.717) is 0 Å². The van der Waals surface area contributed by atoms with Crippen LogP contribution in [0.5, 0.6) is 0 Å². The van der Waals surface area contributed by atoms with Crippen molar-refractivity contribution in [1.29, 1.82) is 0 Å². The van der Waals surface area contributed by atoms with Gasteiger partial charge in [0.05, 0.1) is 6.54 Å². The first-order valence-electron chi connectivity index (χ1n) is 9.40. The molecular formula is C20H32IN5O. The maximum Gasteiger partial charge on any atom is 0.191 e. The third-order valence-corrected chi connectivity index (χ3v) is 4.08. The third kappa shape index (κ3) is 9.23. The van der Waals surface area contributed by atoms with Gasteiger partial charge in [0.2, 0.25) is 0 Å². The highest BCUT2D eigenvalue weighted by molar-refractivity contribution is 14.0. The van der Waals surface area contributed by atoms with Crippen molar-refractivity contribution >= 4 is 29.9 Å². The Hall–Kier alpha value is -1.61. The summed E-state index contributed by atoms with van der Waals surface area (Å²) in [5, 5.41) is 11.0. The zero-order valence-electron chi connectivity index (χ0n) is 16.4. The number of benzene rings is 1. The second-order valence-corrected chi connectivity index (χ2v) is 6.14. The second-order valence-electron chi connectivity index (χ2n) is 6.14. The van der Waals surface area contributed by atoms with Crippen LogP contribution >= 0.6 is 24.0 Å². The van der Waals surface area contributed by atoms with E-state index in [9.17, 15) is 0 Å². The van der Waals surface area contributed by atoms with Gasteiger partial charge < -0.3 is 15.4 Å². The number of guanidine groups is 1. The highest BCUT2D eigenvalue weighted by atomic mass is 127. The second kappa shape index (κ2) is 14.4. The fourth-order valence-electron chi connectivity index (χ4n) is 2.58. The molecule has 1 aromatic carbocycles. The normalized spacial score (nSPS) is 11.1. The molecule has 0 amide bonds. The molecule has 1 aromatic heterocycles. The minimum Gasteiger partial charge on any atom is -0.381 e. The summed E-state index contributed by atoms with van der Waals surface area (Å²) < 4.78 is 7.51. The Bertz CT molecular complexity index is 646. The Labute approximate surface area is 179 Å². The number of halogens is 1. The molecule has 2 rings (SSSR count). The van der Waals surface area contributed by atoms with E-state index < -0.39 is 0 Å². The fraction of sp³-hybridized carbons (Fsp3) is 0.500. The standard InChI is InChI=1S/C20H31N5O.HI/c1-3-4-14-26-15-8-11-22-20(21-2)23-16-18-9-5-6-10-19(18)17-25-13-7-12-24-25;/h5-7,9-10,12-13H,3-4,8,11,14-17H2,1-2H3,(H2,21,22,23);1H. The maximum atomic E-state index is 5.58. The van der Waals surface area contributed by atoms with Crippen LogP contribution < -0.4 is 10.6 Å². The number of ether oxygens (including phenoxy) is 1. The lowest BCUT2D eigenvalue weighted by molar-refractivity contribution is 0.129. The number of aromatic nitrogens is 2. The number of nitrogens with zero attached hydrogens (tertiary/aromatic N) is 3. The number of hydrogen-bond acceptors (Lipinski definition) is 3. The molecule has 0 unspecified atom stereocenters. The van der Waals surface area contributed by atoms with Gasteiger partial charge in [-0.1, -0.05) is 37.6 Å². The van der Waals surface area contributed by atoms with Crippen LogP contribution in [0.25, 0.3) is 0 Å². The van der Waals surface area contributed by atoms with Gasteiger partial charge in [-0.25, -0.2) is 0 Å². The van der Waals surface area contributed by atoms with Crippen LogP contribution in [0, 0.1) is 0 Å². The molecule has 0 radical (unpaired) electrons. The van der Waals surface area contributed by atoms with Gasteiger partial charge in [0.1, 0.15) is 0 Å². The van der Waals surface area contributed by atoms with E-state index in [2.05, 4.69) is 51.9 Å². The molecule has 27 heavy (non-hydrogen) atoms. The molecule has 0 spiro atoms. The fourth-order valence-corrected chi connectivity index (χ4v) is 2.58. The number of nitrogens with one attached hydrogen (secondary N) is 2. The first-order chi connectivity index (χ1) is 12.8. The molecule has 150 valence electrons. The highest BCUT2D eigenvalue weighted by Gasteiger charge is 2.04. The largest absolute Gasteiger partial charge is 0.381 e. The molecule has 0 aliphatic carbocycles. The van der Waals surface area contributed by atoms with E-state index in [0.717, 1.165) is 51.6 Å². The van der Waals surface area contributed by atoms with E-state index in [-0.39, 0.29) is 24.0 Å². The monoisotopic (exact) mass is 485 g/mol. The molecule has 0 atom stereocenters. The summed E-state index contributed by atoms with van der Waals surface area (Å²) in [5.74, 6) is 0.812. The average molecular weight is 485 g/mol. The van der Waals surface area contributed by atoms with Gasteiger partial charge in [0, 0.05) is 45.7 Å². The topological polar surface area (TPSA) is 63.5 Å². The number of hydrogen-bond donors (Lipinski definition) is 2. The van der Waals surface area contributed by atoms with Crippen molar-refractivity contribution in [1.82, 2.24) is 20.4 Å². The van der Waals surface area contributed by atoms with Crippen LogP contribution in [0.1, 0.15) is 37.3 Å². The molecule has 0 fully saturated rings. The van der Waals surface area contributed by atoms with Crippen molar-refractivity contribution in [3.8, 4) is 0 Å². The molecule has 2 aromatic rings. The van der Waals surface area contributed by atoms with Crippen molar-refractivity contribution in [2.24, 2.45) is 4.99 Å². The van der Waals surface area contributed by atoms with E-state index >= 15 is 0 Å². The van der Waals surface area contributed by atoms with Gasteiger partial charge >= 0.3 is 0 Å². The van der Waals surface area contributed by atoms with Gasteiger partial charge in [-0.05, 0) is 30.0 Å². The Morgan fingerprint density at radius 1 is 1.11 bits per heavy atom. The van der Waals surface area contributed by atoms with Crippen molar-refractivity contribution in [2.45, 2.75) is 39.3 Å². The summed E-state index contributed by atoms with van der Waals surface area (Å²) in [5.41, 5.74) is 2.50. The summed E-state index contributed by atoms with van der Waals surface area (Å²) in [6, 6.07) is 10.4. The Balaban J connectivity index is 0.00000364. The van der Waals surface area contributed by atoms with E-state index in [4.69, 9.17) is 4.74 Å². The first-order valence-corrected chi connectivity index (χ1v) is 9.40. The van der Waals surface area contributed by atoms with Crippen LogP contribution in [0.4, 0.5) is 0 Å². The maximum absolute atomic E-state index is 5.58. The predicted octanol–water partition coefficient (Wildman–Crippen LogP) is 3.42. The van der Waals surface area contributed by atoms with E-state index in [1.165, 1.54) is 17.5 Å². The molecule has 0 saturated heterocycles. The zero-order chi connectivity index (χ0) is 18.5. The van der Waals surface area contributed by atoms with Crippen molar-refractivity contribution < 1.29 is 4.74 Å². The van der Waals surface area contributed by atoms with Crippen LogP contribution in [-0.2, 0) is 17.8 Å². The Morgan fingerprint density at radius 2 is 1.89 bits per heavy atom. The molecule has 0 saturated carbocycles. The summed E-state index contributed by atoms with van der Waals surface area (Å²) in [6.07, 6.45) is 7.07. The lowest BCUT2D eigenvalue weighted by Crippen LogP contribution is -2.37. The van der Waals surface area contributed by atoms with Crippen LogP contribution in [0.2, 0.25) is 0 Å². The molecule has 0 aliphatic rings. The zero-order valence-corrected chi connectivity index (χ0v) is 18.7. The molecule has 6 nitrogen and oxygen atoms in total. The molecule has 2 N–H and O–H groups in total. The minimum absolute atomic E-state index is 0. The smallest absolute Gasteiger partial charge is 0.191 e. The van der Waals surface area contributed by atoms with Gasteiger partial charge in [-0.2, -0.15) is 5.10 Å². The van der Waals surface area contributed by atoms with Crippen molar-refractivity contribution in [2.75, 3.05) is 26.8 Å². The summed E-state index contributed by atoms with van der Waals surface area (Å²) in [4.78, 5) is 4.29. The lowest BCUT2D eigenvalue weighted by atomic mass is 10.1. The molecule has 0 bridgehead atoms. The lowest BCUT2D eigenvalue weighted by Gasteiger charge is -2.14. The van der Waals surface area contributed by atoms with Gasteiger partial charge in [-0.3, -0.25) is 9.67 Å². The van der Waals surface area contributed by atoms with Crippen molar-refractivity contribution in [3.05, 3.63) is 53.9 Å². The van der Waals surface area contributed by atoms with E-state index in [1.807, 2.05) is 16.9 Å². The minimum atomic E-state index is 0. The van der Waals surface area contributed by atoms with Crippen LogP contribution in [0.15, 0.2) is 47.7 Å². The Kier molecular flexibility index (Phi) is 12.5. The van der Waals surface area contributed by atoms with Crippen LogP contribution in [-0.4, -0.2) is 42.5 Å². The number of rotatable bonds is 11. The SMILES string of the molecule is CCCCOCCCNC(=NC)NCc1ccccc1Cn1cccn1.I. The van der Waals surface area contributed by atoms with Gasteiger partial charge in [0.25, 0.3) is 0 Å². The summed E-state index contributed by atoms with van der Waals surface area (Å²) >= 11 is 0. The number of unbranched alkanes of at least 4 members (excludes halogenated alkanes) is 1. The number of aliphatic imine (C=N–C) groups is 1. The molecule has 7 heteroatoms. The molecule has 0 aliphatic heterocycles.